The van der Waals surface area contributed by atoms with Gasteiger partial charge in [-0.25, -0.2) is 4.98 Å². The van der Waals surface area contributed by atoms with E-state index in [1.54, 1.807) is 13.0 Å². The van der Waals surface area contributed by atoms with Gasteiger partial charge in [0.05, 0.1) is 0 Å². The zero-order valence-electron chi connectivity index (χ0n) is 15.6. The normalized spacial score (nSPS) is 8.45. The summed E-state index contributed by atoms with van der Waals surface area (Å²) in [6, 6.07) is 5.22. The fraction of sp³-hybridized carbons (Fsp3) is 0.474. The van der Waals surface area contributed by atoms with E-state index in [9.17, 15) is 4.39 Å². The highest BCUT2D eigenvalue weighted by Gasteiger charge is 1.93. The SMILES string of the molecule is CC.CC.Cc1ccc(F)nc1C.Cc1cnc(C)c(C)c1. The second-order valence-electron chi connectivity index (χ2n) is 4.45. The van der Waals surface area contributed by atoms with Crippen LogP contribution in [0.4, 0.5) is 4.39 Å². The molecule has 0 fully saturated rings. The Bertz CT molecular complexity index is 487. The Morgan fingerprint density at radius 2 is 1.32 bits per heavy atom. The molecule has 0 radical (unpaired) electrons. The molecule has 0 atom stereocenters. The van der Waals surface area contributed by atoms with Gasteiger partial charge in [0.15, 0.2) is 0 Å². The van der Waals surface area contributed by atoms with E-state index in [-0.39, 0.29) is 0 Å². The van der Waals surface area contributed by atoms with E-state index in [1.807, 2.05) is 47.7 Å². The smallest absolute Gasteiger partial charge is 0.213 e. The zero-order chi connectivity index (χ0) is 17.7. The number of nitrogens with zero attached hydrogens (tertiary/aromatic N) is 2. The summed E-state index contributed by atoms with van der Waals surface area (Å²) in [5.41, 5.74) is 5.42. The second-order valence-corrected chi connectivity index (χ2v) is 4.45. The quantitative estimate of drug-likeness (QED) is 0.566. The highest BCUT2D eigenvalue weighted by atomic mass is 19.1. The predicted octanol–water partition coefficient (Wildman–Crippen LogP) is 5.90. The number of aryl methyl sites for hydroxylation is 5. The average Bonchev–Trinajstić information content (AvgIpc) is 2.52. The molecule has 0 aliphatic rings. The average molecular weight is 306 g/mol. The molecule has 0 aliphatic carbocycles. The van der Waals surface area contributed by atoms with Crippen LogP contribution in [0, 0.1) is 40.6 Å². The maximum absolute atomic E-state index is 12.2. The van der Waals surface area contributed by atoms with Gasteiger partial charge in [0, 0.05) is 17.6 Å². The van der Waals surface area contributed by atoms with Gasteiger partial charge in [-0.1, -0.05) is 39.8 Å². The molecule has 3 heteroatoms. The van der Waals surface area contributed by atoms with Crippen molar-refractivity contribution in [1.29, 1.82) is 0 Å². The van der Waals surface area contributed by atoms with E-state index in [0.717, 1.165) is 17.0 Å². The molecular formula is C19H31FN2. The van der Waals surface area contributed by atoms with E-state index in [4.69, 9.17) is 0 Å². The molecule has 0 saturated carbocycles. The molecular weight excluding hydrogens is 275 g/mol. The first-order chi connectivity index (χ1) is 10.4. The molecule has 22 heavy (non-hydrogen) atoms. The van der Waals surface area contributed by atoms with Gasteiger partial charge in [-0.05, 0) is 57.4 Å². The topological polar surface area (TPSA) is 25.8 Å². The molecule has 0 amide bonds. The van der Waals surface area contributed by atoms with Crippen LogP contribution in [0.1, 0.15) is 55.8 Å². The van der Waals surface area contributed by atoms with Crippen LogP contribution in [0.2, 0.25) is 0 Å². The molecule has 0 N–H and O–H groups in total. The zero-order valence-corrected chi connectivity index (χ0v) is 15.6. The lowest BCUT2D eigenvalue weighted by Gasteiger charge is -1.97. The van der Waals surface area contributed by atoms with Gasteiger partial charge in [0.25, 0.3) is 0 Å². The van der Waals surface area contributed by atoms with Crippen molar-refractivity contribution in [3.05, 3.63) is 58.4 Å². The van der Waals surface area contributed by atoms with Gasteiger partial charge >= 0.3 is 0 Å². The van der Waals surface area contributed by atoms with Gasteiger partial charge in [-0.2, -0.15) is 4.39 Å². The molecule has 0 unspecified atom stereocenters. The minimum atomic E-state index is -0.405. The highest BCUT2D eigenvalue weighted by Crippen LogP contribution is 2.04. The van der Waals surface area contributed by atoms with E-state index < -0.39 is 5.95 Å². The first-order valence-electron chi connectivity index (χ1n) is 7.89. The molecule has 2 aromatic rings. The second kappa shape index (κ2) is 12.9. The largest absolute Gasteiger partial charge is 0.261 e. The maximum atomic E-state index is 12.2. The Kier molecular flexibility index (Phi) is 13.2. The Balaban J connectivity index is 0. The summed E-state index contributed by atoms with van der Waals surface area (Å²) in [5, 5.41) is 0. The van der Waals surface area contributed by atoms with Crippen molar-refractivity contribution in [1.82, 2.24) is 9.97 Å². The number of halogens is 1. The highest BCUT2D eigenvalue weighted by molar-refractivity contribution is 5.21. The molecule has 2 aromatic heterocycles. The molecule has 0 aliphatic heterocycles. The molecule has 0 bridgehead atoms. The first-order valence-corrected chi connectivity index (χ1v) is 7.89. The Labute approximate surface area is 135 Å². The standard InChI is InChI=1S/C8H11N.C7H8FN.2C2H6/c1-6-4-7(2)8(3)9-5-6;1-5-3-4-7(8)9-6(5)2;2*1-2/h4-5H,1-3H3;3-4H,1-2H3;2*1-2H3. The van der Waals surface area contributed by atoms with E-state index in [1.165, 1.54) is 17.2 Å². The first kappa shape index (κ1) is 22.5. The third-order valence-electron chi connectivity index (χ3n) is 2.79. The van der Waals surface area contributed by atoms with Crippen molar-refractivity contribution >= 4 is 0 Å². The van der Waals surface area contributed by atoms with Gasteiger partial charge < -0.3 is 0 Å². The fourth-order valence-corrected chi connectivity index (χ4v) is 1.38. The van der Waals surface area contributed by atoms with Gasteiger partial charge in [0.1, 0.15) is 0 Å². The minimum absolute atomic E-state index is 0.405. The minimum Gasteiger partial charge on any atom is -0.261 e. The van der Waals surface area contributed by atoms with E-state index >= 15 is 0 Å². The van der Waals surface area contributed by atoms with Crippen molar-refractivity contribution in [3.63, 3.8) is 0 Å². The lowest BCUT2D eigenvalue weighted by atomic mass is 10.2. The monoisotopic (exact) mass is 306 g/mol. The summed E-state index contributed by atoms with van der Waals surface area (Å²) in [5.74, 6) is -0.405. The summed E-state index contributed by atoms with van der Waals surface area (Å²) >= 11 is 0. The van der Waals surface area contributed by atoms with Crippen molar-refractivity contribution in [2.75, 3.05) is 0 Å². The summed E-state index contributed by atoms with van der Waals surface area (Å²) in [4.78, 5) is 7.78. The predicted molar refractivity (Wildman–Crippen MR) is 94.8 cm³/mol. The summed E-state index contributed by atoms with van der Waals surface area (Å²) in [6.07, 6.45) is 1.89. The number of rotatable bonds is 0. The molecule has 0 saturated heterocycles. The van der Waals surface area contributed by atoms with Gasteiger partial charge in [-0.3, -0.25) is 4.98 Å². The third kappa shape index (κ3) is 9.22. The molecule has 124 valence electrons. The van der Waals surface area contributed by atoms with Crippen molar-refractivity contribution in [3.8, 4) is 0 Å². The Morgan fingerprint density at radius 1 is 0.773 bits per heavy atom. The van der Waals surface area contributed by atoms with Crippen LogP contribution < -0.4 is 0 Å². The summed E-state index contributed by atoms with van der Waals surface area (Å²) in [7, 11) is 0. The van der Waals surface area contributed by atoms with Crippen molar-refractivity contribution in [2.24, 2.45) is 0 Å². The van der Waals surface area contributed by atoms with Crippen LogP contribution in [0.5, 0.6) is 0 Å². The van der Waals surface area contributed by atoms with Crippen molar-refractivity contribution < 1.29 is 4.39 Å². The van der Waals surface area contributed by atoms with Crippen LogP contribution in [0.25, 0.3) is 0 Å². The van der Waals surface area contributed by atoms with Crippen LogP contribution >= 0.6 is 0 Å². The molecule has 0 spiro atoms. The molecule has 0 aromatic carbocycles. The van der Waals surface area contributed by atoms with Crippen LogP contribution in [-0.4, -0.2) is 9.97 Å². The Morgan fingerprint density at radius 3 is 1.68 bits per heavy atom. The van der Waals surface area contributed by atoms with E-state index in [2.05, 4.69) is 29.9 Å². The third-order valence-corrected chi connectivity index (χ3v) is 2.79. The number of hydrogen-bond donors (Lipinski definition) is 0. The van der Waals surface area contributed by atoms with Crippen LogP contribution in [0.3, 0.4) is 0 Å². The molecule has 2 heterocycles. The van der Waals surface area contributed by atoms with Crippen LogP contribution in [0.15, 0.2) is 24.4 Å². The lowest BCUT2D eigenvalue weighted by Crippen LogP contribution is -1.88. The number of hydrogen-bond acceptors (Lipinski definition) is 2. The Hall–Kier alpha value is -1.77. The molecule has 2 nitrogen and oxygen atoms in total. The maximum Gasteiger partial charge on any atom is 0.213 e. The van der Waals surface area contributed by atoms with Crippen molar-refractivity contribution in [2.45, 2.75) is 62.3 Å². The fourth-order valence-electron chi connectivity index (χ4n) is 1.38. The lowest BCUT2D eigenvalue weighted by molar-refractivity contribution is 0.579. The van der Waals surface area contributed by atoms with Gasteiger partial charge in [0.2, 0.25) is 5.95 Å². The summed E-state index contributed by atoms with van der Waals surface area (Å²) in [6.45, 7) is 17.9. The number of pyridine rings is 2. The summed E-state index contributed by atoms with van der Waals surface area (Å²) < 4.78 is 12.2. The van der Waals surface area contributed by atoms with Gasteiger partial charge in [-0.15, -0.1) is 0 Å². The van der Waals surface area contributed by atoms with Crippen LogP contribution in [-0.2, 0) is 0 Å². The number of aromatic nitrogens is 2. The molecule has 2 rings (SSSR count). The van der Waals surface area contributed by atoms with E-state index in [0.29, 0.717) is 0 Å².